The van der Waals surface area contributed by atoms with Crippen molar-refractivity contribution in [1.82, 2.24) is 5.43 Å². The molecule has 0 unspecified atom stereocenters. The summed E-state index contributed by atoms with van der Waals surface area (Å²) in [6, 6.07) is 7.30. The number of carbonyl (C=O) groups excluding carboxylic acids is 1. The van der Waals surface area contributed by atoms with E-state index in [1.54, 1.807) is 13.0 Å². The molecule has 0 aromatic heterocycles. The Labute approximate surface area is 99.2 Å². The van der Waals surface area contributed by atoms with Crippen LogP contribution in [0.2, 0.25) is 5.02 Å². The van der Waals surface area contributed by atoms with E-state index in [-0.39, 0.29) is 12.5 Å². The fourth-order valence-corrected chi connectivity index (χ4v) is 1.40. The number of nitrogens with zero attached hydrogens (tertiary/aromatic N) is 1. The van der Waals surface area contributed by atoms with Crippen molar-refractivity contribution in [3.05, 3.63) is 34.9 Å². The normalized spacial score (nSPS) is 11.3. The zero-order valence-electron chi connectivity index (χ0n) is 9.16. The first-order valence-electron chi connectivity index (χ1n) is 4.72. The van der Waals surface area contributed by atoms with Crippen LogP contribution in [0.1, 0.15) is 12.5 Å². The van der Waals surface area contributed by atoms with Crippen LogP contribution in [0.3, 0.4) is 0 Å². The third-order valence-corrected chi connectivity index (χ3v) is 2.22. The number of hydrazone groups is 1. The quantitative estimate of drug-likeness (QED) is 0.645. The van der Waals surface area contributed by atoms with Gasteiger partial charge in [0, 0.05) is 17.7 Å². The van der Waals surface area contributed by atoms with Crippen LogP contribution in [0, 0.1) is 0 Å². The molecule has 86 valence electrons. The highest BCUT2D eigenvalue weighted by molar-refractivity contribution is 6.34. The standard InChI is InChI=1S/C11H13ClN2O2/c1-8(13-14-11(15)7-16-2)9-5-3-4-6-10(9)12/h3-6H,7H2,1-2H3,(H,14,15)/b13-8+. The fourth-order valence-electron chi connectivity index (χ4n) is 1.12. The summed E-state index contributed by atoms with van der Waals surface area (Å²) >= 11 is 5.98. The molecule has 0 atom stereocenters. The Morgan fingerprint density at radius 2 is 2.19 bits per heavy atom. The van der Waals surface area contributed by atoms with Gasteiger partial charge >= 0.3 is 0 Å². The summed E-state index contributed by atoms with van der Waals surface area (Å²) in [6.07, 6.45) is 0. The predicted molar refractivity (Wildman–Crippen MR) is 63.7 cm³/mol. The minimum Gasteiger partial charge on any atom is -0.375 e. The summed E-state index contributed by atoms with van der Waals surface area (Å²) < 4.78 is 4.66. The van der Waals surface area contributed by atoms with Crippen LogP contribution < -0.4 is 5.43 Å². The van der Waals surface area contributed by atoms with Gasteiger partial charge in [-0.1, -0.05) is 29.8 Å². The maximum absolute atomic E-state index is 11.1. The van der Waals surface area contributed by atoms with Crippen molar-refractivity contribution in [2.75, 3.05) is 13.7 Å². The zero-order valence-corrected chi connectivity index (χ0v) is 9.91. The summed E-state index contributed by atoms with van der Waals surface area (Å²) in [5.74, 6) is -0.297. The highest BCUT2D eigenvalue weighted by Crippen LogP contribution is 2.15. The monoisotopic (exact) mass is 240 g/mol. The molecule has 0 saturated carbocycles. The number of carbonyl (C=O) groups is 1. The molecule has 0 fully saturated rings. The van der Waals surface area contributed by atoms with E-state index in [1.807, 2.05) is 18.2 Å². The number of halogens is 1. The predicted octanol–water partition coefficient (Wildman–Crippen LogP) is 1.83. The average Bonchev–Trinajstić information content (AvgIpc) is 2.27. The summed E-state index contributed by atoms with van der Waals surface area (Å²) in [4.78, 5) is 11.1. The van der Waals surface area contributed by atoms with Gasteiger partial charge in [-0.25, -0.2) is 5.43 Å². The number of hydrogen-bond donors (Lipinski definition) is 1. The van der Waals surface area contributed by atoms with Crippen LogP contribution in [0.5, 0.6) is 0 Å². The lowest BCUT2D eigenvalue weighted by atomic mass is 10.1. The SMILES string of the molecule is COCC(=O)N/N=C(\C)c1ccccc1Cl. The first-order valence-corrected chi connectivity index (χ1v) is 5.10. The van der Waals surface area contributed by atoms with Crippen LogP contribution in [-0.4, -0.2) is 25.3 Å². The molecule has 0 radical (unpaired) electrons. The molecule has 1 amide bonds. The van der Waals surface area contributed by atoms with Crippen molar-refractivity contribution in [3.63, 3.8) is 0 Å². The van der Waals surface area contributed by atoms with E-state index >= 15 is 0 Å². The lowest BCUT2D eigenvalue weighted by Crippen LogP contribution is -2.23. The summed E-state index contributed by atoms with van der Waals surface area (Å²) in [5, 5.41) is 4.53. The van der Waals surface area contributed by atoms with Crippen molar-refractivity contribution in [3.8, 4) is 0 Å². The Kier molecular flexibility index (Phi) is 4.95. The van der Waals surface area contributed by atoms with E-state index < -0.39 is 0 Å². The third-order valence-electron chi connectivity index (χ3n) is 1.89. The maximum Gasteiger partial charge on any atom is 0.266 e. The van der Waals surface area contributed by atoms with Gasteiger partial charge in [0.05, 0.1) is 5.71 Å². The molecule has 16 heavy (non-hydrogen) atoms. The van der Waals surface area contributed by atoms with Crippen LogP contribution >= 0.6 is 11.6 Å². The summed E-state index contributed by atoms with van der Waals surface area (Å²) in [6.45, 7) is 1.76. The Morgan fingerprint density at radius 3 is 2.81 bits per heavy atom. The van der Waals surface area contributed by atoms with E-state index in [0.29, 0.717) is 10.7 Å². The molecule has 0 aliphatic rings. The molecule has 0 spiro atoms. The second-order valence-corrected chi connectivity index (χ2v) is 3.55. The Morgan fingerprint density at radius 1 is 1.50 bits per heavy atom. The number of nitrogens with one attached hydrogen (secondary N) is 1. The lowest BCUT2D eigenvalue weighted by molar-refractivity contribution is -0.124. The Bertz CT molecular complexity index is 405. The maximum atomic E-state index is 11.1. The van der Waals surface area contributed by atoms with E-state index in [0.717, 1.165) is 5.56 Å². The number of methoxy groups -OCH3 is 1. The van der Waals surface area contributed by atoms with Gasteiger partial charge in [0.25, 0.3) is 5.91 Å². The summed E-state index contributed by atoms with van der Waals surface area (Å²) in [5.41, 5.74) is 3.82. The molecule has 0 heterocycles. The van der Waals surface area contributed by atoms with Gasteiger partial charge in [-0.3, -0.25) is 4.79 Å². The van der Waals surface area contributed by atoms with E-state index in [9.17, 15) is 4.79 Å². The fraction of sp³-hybridized carbons (Fsp3) is 0.273. The van der Waals surface area contributed by atoms with Gasteiger partial charge in [0.15, 0.2) is 0 Å². The van der Waals surface area contributed by atoms with Gasteiger partial charge in [-0.2, -0.15) is 5.10 Å². The lowest BCUT2D eigenvalue weighted by Gasteiger charge is -2.04. The molecular formula is C11H13ClN2O2. The number of hydrogen-bond acceptors (Lipinski definition) is 3. The summed E-state index contributed by atoms with van der Waals surface area (Å²) in [7, 11) is 1.45. The van der Waals surface area contributed by atoms with Crippen LogP contribution in [0.15, 0.2) is 29.4 Å². The topological polar surface area (TPSA) is 50.7 Å². The van der Waals surface area contributed by atoms with Crippen molar-refractivity contribution < 1.29 is 9.53 Å². The first kappa shape index (κ1) is 12.7. The molecule has 0 bridgehead atoms. The minimum absolute atomic E-state index is 0.0146. The second-order valence-electron chi connectivity index (χ2n) is 3.15. The van der Waals surface area contributed by atoms with Crippen LogP contribution in [-0.2, 0) is 9.53 Å². The molecular weight excluding hydrogens is 228 g/mol. The van der Waals surface area contributed by atoms with Crippen molar-refractivity contribution >= 4 is 23.2 Å². The number of amides is 1. The molecule has 0 aliphatic heterocycles. The third kappa shape index (κ3) is 3.64. The van der Waals surface area contributed by atoms with Gasteiger partial charge < -0.3 is 4.74 Å². The van der Waals surface area contributed by atoms with Gasteiger partial charge in [0.1, 0.15) is 6.61 Å². The van der Waals surface area contributed by atoms with Gasteiger partial charge in [-0.05, 0) is 13.0 Å². The number of benzene rings is 1. The number of ether oxygens (including phenoxy) is 1. The van der Waals surface area contributed by atoms with Gasteiger partial charge in [-0.15, -0.1) is 0 Å². The number of rotatable bonds is 4. The Hall–Kier alpha value is -1.39. The molecule has 5 heteroatoms. The van der Waals surface area contributed by atoms with Crippen molar-refractivity contribution in [2.24, 2.45) is 5.10 Å². The molecule has 0 saturated heterocycles. The smallest absolute Gasteiger partial charge is 0.266 e. The van der Waals surface area contributed by atoms with Gasteiger partial charge in [0.2, 0.25) is 0 Å². The molecule has 1 N–H and O–H groups in total. The first-order chi connectivity index (χ1) is 7.65. The largest absolute Gasteiger partial charge is 0.375 e. The van der Waals surface area contributed by atoms with E-state index in [2.05, 4.69) is 15.3 Å². The highest BCUT2D eigenvalue weighted by Gasteiger charge is 2.03. The zero-order chi connectivity index (χ0) is 12.0. The molecule has 4 nitrogen and oxygen atoms in total. The second kappa shape index (κ2) is 6.25. The van der Waals surface area contributed by atoms with Crippen molar-refractivity contribution in [2.45, 2.75) is 6.92 Å². The van der Waals surface area contributed by atoms with E-state index in [4.69, 9.17) is 11.6 Å². The van der Waals surface area contributed by atoms with Crippen LogP contribution in [0.4, 0.5) is 0 Å². The molecule has 0 aliphatic carbocycles. The molecule has 1 aromatic carbocycles. The highest BCUT2D eigenvalue weighted by atomic mass is 35.5. The minimum atomic E-state index is -0.297. The molecule has 1 aromatic rings. The van der Waals surface area contributed by atoms with Crippen LogP contribution in [0.25, 0.3) is 0 Å². The van der Waals surface area contributed by atoms with E-state index in [1.165, 1.54) is 7.11 Å². The Balaban J connectivity index is 2.71. The molecule has 1 rings (SSSR count). The average molecular weight is 241 g/mol. The van der Waals surface area contributed by atoms with Crippen molar-refractivity contribution in [1.29, 1.82) is 0 Å².